The number of hydrogen-bond acceptors (Lipinski definition) is 2. The minimum Gasteiger partial charge on any atom is -0.696 e. The van der Waals surface area contributed by atoms with Crippen molar-refractivity contribution in [1.82, 2.24) is 0 Å². The first-order valence-electron chi connectivity index (χ1n) is 0.428. The summed E-state index contributed by atoms with van der Waals surface area (Å²) in [6.07, 6.45) is 0. The average Bonchev–Trinajstić information content (AvgIpc) is 0.918. The van der Waals surface area contributed by atoms with Gasteiger partial charge in [-0.05, 0) is 0 Å². The molecule has 0 rings (SSSR count). The third-order valence-corrected chi connectivity index (χ3v) is 0. The molecule has 0 bridgehead atoms. The molecule has 24 valence electrons. The van der Waals surface area contributed by atoms with Crippen molar-refractivity contribution in [2.24, 2.45) is 0 Å². The van der Waals surface area contributed by atoms with Crippen LogP contribution in [0.15, 0.2) is 0 Å². The van der Waals surface area contributed by atoms with E-state index in [2.05, 4.69) is 12.6 Å². The van der Waals surface area contributed by atoms with Gasteiger partial charge in [0.25, 0.3) is 0 Å². The first-order valence-corrected chi connectivity index (χ1v) is 0.836. The van der Waals surface area contributed by atoms with Crippen LogP contribution in [0.1, 0.15) is 0 Å². The summed E-state index contributed by atoms with van der Waals surface area (Å²) >= 11 is 3.70. The fraction of sp³-hybridized carbons (Fsp3) is 0. The zero-order chi connectivity index (χ0) is 2.71. The summed E-state index contributed by atoms with van der Waals surface area (Å²) in [5, 5.41) is 8.47. The second kappa shape index (κ2) is 23.3. The van der Waals surface area contributed by atoms with Gasteiger partial charge in [0.05, 0.1) is 0 Å². The van der Waals surface area contributed by atoms with Crippen molar-refractivity contribution >= 4 is 25.0 Å². The van der Waals surface area contributed by atoms with Gasteiger partial charge in [0.1, 0.15) is 0 Å². The van der Waals surface area contributed by atoms with Crippen LogP contribution in [0.4, 0.5) is 0 Å². The van der Waals surface area contributed by atoms with Crippen molar-refractivity contribution in [2.45, 2.75) is 0 Å². The molecule has 0 atom stereocenters. The zero-order valence-electron chi connectivity index (χ0n) is 2.76. The molecular weight excluding hydrogens is 100 g/mol. The number of thiocyanates is 1. The molecule has 0 aromatic heterocycles. The molecule has 0 saturated heterocycles. The van der Waals surface area contributed by atoms with E-state index in [1.54, 1.807) is 0 Å². The number of rotatable bonds is 0. The molecule has 0 aliphatic carbocycles. The summed E-state index contributed by atoms with van der Waals surface area (Å²) in [6, 6.07) is 0. The van der Waals surface area contributed by atoms with E-state index in [4.69, 9.17) is 5.26 Å². The topological polar surface area (TPSA) is 23.8 Å². The van der Waals surface area contributed by atoms with Gasteiger partial charge in [-0.1, -0.05) is 5.40 Å². The summed E-state index contributed by atoms with van der Waals surface area (Å²) in [4.78, 5) is 0. The maximum atomic E-state index is 7.13. The minimum atomic E-state index is 0. The molecule has 0 heterocycles. The van der Waals surface area contributed by atoms with Crippen LogP contribution in [0, 0.1) is 10.7 Å². The summed E-state index contributed by atoms with van der Waals surface area (Å²) < 4.78 is 0. The van der Waals surface area contributed by atoms with Crippen LogP contribution >= 0.6 is 12.4 Å². The molecule has 0 aromatic rings. The van der Waals surface area contributed by atoms with Crippen molar-refractivity contribution in [1.29, 1.82) is 5.26 Å². The molecule has 1 nitrogen and oxygen atoms in total. The Morgan fingerprint density at radius 3 is 1.60 bits per heavy atom. The molecule has 4 heteroatoms. The monoisotopic (exact) mass is 101 g/mol. The normalized spacial score (nSPS) is 1.40. The molecule has 0 spiro atoms. The standard InChI is InChI=1S/CHNS.ClH.Li/c2-1-3;;/h3H;1H;/q;;+1/p-1. The van der Waals surface area contributed by atoms with Crippen LogP contribution in [0.5, 0.6) is 0 Å². The molecule has 0 aliphatic rings. The van der Waals surface area contributed by atoms with Gasteiger partial charge in [-0.3, -0.25) is 0 Å². The van der Waals surface area contributed by atoms with Crippen molar-refractivity contribution in [3.63, 3.8) is 0 Å². The van der Waals surface area contributed by atoms with E-state index >= 15 is 0 Å². The maximum Gasteiger partial charge on any atom is 1.00 e. The molecule has 0 amide bonds. The Kier molecular flexibility index (Phi) is 81.8. The van der Waals surface area contributed by atoms with E-state index in [-0.39, 0.29) is 31.3 Å². The van der Waals surface area contributed by atoms with Crippen molar-refractivity contribution in [3.05, 3.63) is 0 Å². The minimum absolute atomic E-state index is 0. The molecule has 0 unspecified atom stereocenters. The van der Waals surface area contributed by atoms with Crippen molar-refractivity contribution in [3.8, 4) is 5.40 Å². The second-order valence-electron chi connectivity index (χ2n) is 0.0913. The zero-order valence-corrected chi connectivity index (χ0v) is 4.40. The van der Waals surface area contributed by atoms with Gasteiger partial charge in [0.2, 0.25) is 0 Å². The van der Waals surface area contributed by atoms with E-state index in [9.17, 15) is 0 Å². The predicted octanol–water partition coefficient (Wildman–Crippen LogP) is -2.56. The van der Waals surface area contributed by atoms with Crippen LogP contribution in [0.25, 0.3) is 0 Å². The summed E-state index contributed by atoms with van der Waals surface area (Å²) in [6.45, 7) is 0. The Morgan fingerprint density at radius 2 is 1.60 bits per heavy atom. The first-order chi connectivity index (χ1) is 1.41. The summed E-state index contributed by atoms with van der Waals surface area (Å²) in [5.74, 6) is 0. The summed E-state index contributed by atoms with van der Waals surface area (Å²) in [7, 11) is 0. The van der Waals surface area contributed by atoms with Gasteiger partial charge in [-0.15, -0.1) is 12.4 Å². The van der Waals surface area contributed by atoms with Gasteiger partial charge in [0, 0.05) is 0 Å². The smallest absolute Gasteiger partial charge is 0.696 e. The largest absolute Gasteiger partial charge is 1.00 e. The van der Waals surface area contributed by atoms with Crippen molar-refractivity contribution in [2.75, 3.05) is 0 Å². The predicted molar refractivity (Wildman–Crippen MR) is 20.2 cm³/mol. The SMILES string of the molecule is Cl.N#C[S-].[Li+]. The Balaban J connectivity index is -0.0000000200. The molecule has 5 heavy (non-hydrogen) atoms. The molecule has 0 aromatic carbocycles. The second-order valence-corrected chi connectivity index (χ2v) is 0.274. The number of nitriles is 1. The number of halogens is 1. The third-order valence-electron chi connectivity index (χ3n) is 0. The molecule has 0 saturated carbocycles. The van der Waals surface area contributed by atoms with Crippen LogP contribution < -0.4 is 18.9 Å². The Hall–Kier alpha value is 0.597. The molecular formula is CHClLiNS. The van der Waals surface area contributed by atoms with E-state index in [0.29, 0.717) is 0 Å². The van der Waals surface area contributed by atoms with Crippen molar-refractivity contribution < 1.29 is 18.9 Å². The third kappa shape index (κ3) is 86.9. The van der Waals surface area contributed by atoms with Gasteiger partial charge in [-0.25, -0.2) is 5.26 Å². The fourth-order valence-electron chi connectivity index (χ4n) is 0. The van der Waals surface area contributed by atoms with Crippen LogP contribution in [0.2, 0.25) is 0 Å². The Bertz CT molecular complexity index is 33.1. The molecule has 0 N–H and O–H groups in total. The van der Waals surface area contributed by atoms with E-state index in [1.807, 2.05) is 0 Å². The fourth-order valence-corrected chi connectivity index (χ4v) is 0. The van der Waals surface area contributed by atoms with Gasteiger partial charge < -0.3 is 12.6 Å². The van der Waals surface area contributed by atoms with Gasteiger partial charge in [-0.2, -0.15) is 0 Å². The van der Waals surface area contributed by atoms with Crippen LogP contribution in [-0.2, 0) is 12.6 Å². The van der Waals surface area contributed by atoms with Crippen LogP contribution in [-0.4, -0.2) is 0 Å². The quantitative estimate of drug-likeness (QED) is 0.190. The van der Waals surface area contributed by atoms with Gasteiger partial charge >= 0.3 is 18.9 Å². The first kappa shape index (κ1) is 17.5. The number of hydrogen-bond donors (Lipinski definition) is 0. The van der Waals surface area contributed by atoms with E-state index < -0.39 is 0 Å². The molecule has 0 radical (unpaired) electrons. The summed E-state index contributed by atoms with van der Waals surface area (Å²) in [5.41, 5.74) is 0. The van der Waals surface area contributed by atoms with Crippen LogP contribution in [0.3, 0.4) is 0 Å². The van der Waals surface area contributed by atoms with E-state index in [0.717, 1.165) is 0 Å². The van der Waals surface area contributed by atoms with E-state index in [1.165, 1.54) is 5.40 Å². The average molecular weight is 101 g/mol. The Morgan fingerprint density at radius 1 is 1.60 bits per heavy atom. The molecule has 0 aliphatic heterocycles. The number of nitrogens with zero attached hydrogens (tertiary/aromatic N) is 1. The van der Waals surface area contributed by atoms with Gasteiger partial charge in [0.15, 0.2) is 0 Å². The Labute approximate surface area is 54.7 Å². The maximum absolute atomic E-state index is 7.13. The molecule has 0 fully saturated rings.